The Bertz CT molecular complexity index is 720. The van der Waals surface area contributed by atoms with Crippen LogP contribution in [0.1, 0.15) is 24.3 Å². The molecule has 0 saturated heterocycles. The van der Waals surface area contributed by atoms with Crippen LogP contribution in [0.5, 0.6) is 11.5 Å². The van der Waals surface area contributed by atoms with E-state index in [9.17, 15) is 4.79 Å². The first-order chi connectivity index (χ1) is 11.1. The van der Waals surface area contributed by atoms with Gasteiger partial charge in [-0.2, -0.15) is 5.26 Å². The summed E-state index contributed by atoms with van der Waals surface area (Å²) < 4.78 is 5.76. The fourth-order valence-corrected chi connectivity index (χ4v) is 3.04. The summed E-state index contributed by atoms with van der Waals surface area (Å²) in [7, 11) is 0. The van der Waals surface area contributed by atoms with Crippen molar-refractivity contribution >= 4 is 46.5 Å². The molecule has 7 heteroatoms. The van der Waals surface area contributed by atoms with Crippen LogP contribution >= 0.6 is 23.2 Å². The SMILES string of the molecule is O=C(OO)C(c1cc(Cl)cc(Oc2ccccc2)c1Cl)C1CC1.[AlH3]. The van der Waals surface area contributed by atoms with Gasteiger partial charge in [-0.15, -0.1) is 0 Å². The number of rotatable bonds is 5. The van der Waals surface area contributed by atoms with Gasteiger partial charge in [0.15, 0.2) is 17.4 Å². The second kappa shape index (κ2) is 8.24. The van der Waals surface area contributed by atoms with Gasteiger partial charge in [-0.1, -0.05) is 41.4 Å². The minimum atomic E-state index is -0.734. The zero-order chi connectivity index (χ0) is 16.4. The standard InChI is InChI=1S/C17H14Cl2O4.Al.3H/c18-11-8-13(15(10-6-7-10)17(20)23-21)16(19)14(9-11)22-12-4-2-1-3-5-12;;;;/h1-5,8-10,15,21H,6-7H2;;;;. The third-order valence-electron chi connectivity index (χ3n) is 3.78. The van der Waals surface area contributed by atoms with Crippen molar-refractivity contribution in [2.75, 3.05) is 0 Å². The highest BCUT2D eigenvalue weighted by Gasteiger charge is 2.40. The molecule has 2 aromatic rings. The summed E-state index contributed by atoms with van der Waals surface area (Å²) in [5, 5.41) is 9.44. The number of halogens is 2. The van der Waals surface area contributed by atoms with Crippen LogP contribution in [0, 0.1) is 5.92 Å². The molecule has 1 fully saturated rings. The van der Waals surface area contributed by atoms with Crippen LogP contribution in [0.25, 0.3) is 0 Å². The maximum atomic E-state index is 11.9. The van der Waals surface area contributed by atoms with Crippen molar-refractivity contribution < 1.29 is 19.7 Å². The number of ether oxygens (including phenoxy) is 1. The first-order valence-electron chi connectivity index (χ1n) is 7.17. The van der Waals surface area contributed by atoms with E-state index in [0.29, 0.717) is 27.1 Å². The first kappa shape index (κ1) is 19.1. The highest BCUT2D eigenvalue weighted by atomic mass is 35.5. The van der Waals surface area contributed by atoms with E-state index in [1.807, 2.05) is 18.2 Å². The van der Waals surface area contributed by atoms with Crippen molar-refractivity contribution in [2.45, 2.75) is 18.8 Å². The largest absolute Gasteiger partial charge is 0.456 e. The summed E-state index contributed by atoms with van der Waals surface area (Å²) in [6, 6.07) is 12.3. The summed E-state index contributed by atoms with van der Waals surface area (Å²) in [5.74, 6) is -0.325. The molecule has 0 aliphatic heterocycles. The summed E-state index contributed by atoms with van der Waals surface area (Å²) >= 11 is 12.6. The highest BCUT2D eigenvalue weighted by molar-refractivity contribution is 6.35. The van der Waals surface area contributed by atoms with Crippen LogP contribution in [0.3, 0.4) is 0 Å². The van der Waals surface area contributed by atoms with Gasteiger partial charge in [0.2, 0.25) is 0 Å². The van der Waals surface area contributed by atoms with Crippen LogP contribution in [-0.4, -0.2) is 28.6 Å². The van der Waals surface area contributed by atoms with E-state index in [1.165, 1.54) is 0 Å². The second-order valence-corrected chi connectivity index (χ2v) is 6.26. The molecule has 0 radical (unpaired) electrons. The van der Waals surface area contributed by atoms with Crippen LogP contribution in [0.2, 0.25) is 10.0 Å². The van der Waals surface area contributed by atoms with E-state index in [1.54, 1.807) is 24.3 Å². The molecular formula is C17H17AlCl2O4. The fourth-order valence-electron chi connectivity index (χ4n) is 2.56. The lowest BCUT2D eigenvalue weighted by atomic mass is 9.94. The summed E-state index contributed by atoms with van der Waals surface area (Å²) in [5.41, 5.74) is 0.506. The monoisotopic (exact) mass is 382 g/mol. The number of para-hydroxylation sites is 1. The van der Waals surface area contributed by atoms with Crippen molar-refractivity contribution in [1.82, 2.24) is 0 Å². The minimum Gasteiger partial charge on any atom is -0.456 e. The molecule has 0 heterocycles. The summed E-state index contributed by atoms with van der Waals surface area (Å²) in [6.45, 7) is 0. The molecule has 0 bridgehead atoms. The first-order valence-corrected chi connectivity index (χ1v) is 7.93. The summed E-state index contributed by atoms with van der Waals surface area (Å²) in [4.78, 5) is 15.9. The topological polar surface area (TPSA) is 55.8 Å². The van der Waals surface area contributed by atoms with E-state index in [2.05, 4.69) is 4.89 Å². The Morgan fingerprint density at radius 3 is 2.42 bits per heavy atom. The normalized spacial score (nSPS) is 14.5. The number of hydrogen-bond donors (Lipinski definition) is 1. The molecule has 0 amide bonds. The minimum absolute atomic E-state index is 0. The maximum Gasteiger partial charge on any atom is 0.349 e. The molecule has 1 saturated carbocycles. The lowest BCUT2D eigenvalue weighted by Gasteiger charge is -2.17. The predicted octanol–water partition coefficient (Wildman–Crippen LogP) is 4.11. The Balaban J connectivity index is 0.00000208. The molecule has 1 atom stereocenters. The Morgan fingerprint density at radius 2 is 1.83 bits per heavy atom. The number of benzene rings is 2. The number of carbonyl (C=O) groups is 1. The van der Waals surface area contributed by atoms with Gasteiger partial charge in [0.1, 0.15) is 11.5 Å². The van der Waals surface area contributed by atoms with Crippen LogP contribution in [0.4, 0.5) is 0 Å². The van der Waals surface area contributed by atoms with Gasteiger partial charge in [0.25, 0.3) is 0 Å². The van der Waals surface area contributed by atoms with E-state index in [0.717, 1.165) is 12.8 Å². The van der Waals surface area contributed by atoms with Crippen LogP contribution in [-0.2, 0) is 9.68 Å². The average molecular weight is 383 g/mol. The molecule has 0 spiro atoms. The highest BCUT2D eigenvalue weighted by Crippen LogP contribution is 2.48. The Hall–Kier alpha value is -1.22. The van der Waals surface area contributed by atoms with Gasteiger partial charge in [-0.05, 0) is 42.5 Å². The third kappa shape index (κ3) is 4.24. The summed E-state index contributed by atoms with van der Waals surface area (Å²) in [6.07, 6.45) is 1.75. The number of hydrogen-bond acceptors (Lipinski definition) is 4. The molecule has 4 nitrogen and oxygen atoms in total. The zero-order valence-corrected chi connectivity index (χ0v) is 13.6. The van der Waals surface area contributed by atoms with Gasteiger partial charge in [0, 0.05) is 11.1 Å². The average Bonchev–Trinajstić information content (AvgIpc) is 3.37. The van der Waals surface area contributed by atoms with Crippen molar-refractivity contribution in [3.63, 3.8) is 0 Å². The fraction of sp³-hybridized carbons (Fsp3) is 0.235. The molecule has 126 valence electrons. The van der Waals surface area contributed by atoms with E-state index in [4.69, 9.17) is 33.2 Å². The Kier molecular flexibility index (Phi) is 6.56. The van der Waals surface area contributed by atoms with Crippen molar-refractivity contribution in [3.05, 3.63) is 58.1 Å². The Labute approximate surface area is 160 Å². The lowest BCUT2D eigenvalue weighted by molar-refractivity contribution is -0.236. The molecule has 1 unspecified atom stereocenters. The quantitative estimate of drug-likeness (QED) is 0.480. The molecule has 24 heavy (non-hydrogen) atoms. The molecular weight excluding hydrogens is 366 g/mol. The zero-order valence-electron chi connectivity index (χ0n) is 12.0. The Morgan fingerprint density at radius 1 is 1.17 bits per heavy atom. The molecule has 3 rings (SSSR count). The van der Waals surface area contributed by atoms with Crippen LogP contribution in [0.15, 0.2) is 42.5 Å². The third-order valence-corrected chi connectivity index (χ3v) is 4.40. The van der Waals surface area contributed by atoms with Gasteiger partial charge < -0.3 is 9.62 Å². The second-order valence-electron chi connectivity index (χ2n) is 5.45. The maximum absolute atomic E-state index is 11.9. The van der Waals surface area contributed by atoms with Crippen LogP contribution < -0.4 is 4.74 Å². The molecule has 1 aliphatic carbocycles. The van der Waals surface area contributed by atoms with Gasteiger partial charge in [0.05, 0.1) is 10.9 Å². The van der Waals surface area contributed by atoms with Crippen molar-refractivity contribution in [1.29, 1.82) is 0 Å². The van der Waals surface area contributed by atoms with E-state index >= 15 is 0 Å². The molecule has 1 aliphatic rings. The van der Waals surface area contributed by atoms with Gasteiger partial charge >= 0.3 is 5.97 Å². The molecule has 0 aromatic heterocycles. The smallest absolute Gasteiger partial charge is 0.349 e. The van der Waals surface area contributed by atoms with Gasteiger partial charge in [-0.3, -0.25) is 0 Å². The number of carbonyl (C=O) groups excluding carboxylic acids is 1. The molecule has 2 aromatic carbocycles. The van der Waals surface area contributed by atoms with E-state index < -0.39 is 11.9 Å². The van der Waals surface area contributed by atoms with E-state index in [-0.39, 0.29) is 23.3 Å². The predicted molar refractivity (Wildman–Crippen MR) is 97.1 cm³/mol. The molecule has 1 N–H and O–H groups in total. The lowest BCUT2D eigenvalue weighted by Crippen LogP contribution is -2.17. The van der Waals surface area contributed by atoms with Crippen molar-refractivity contribution in [2.24, 2.45) is 5.92 Å². The van der Waals surface area contributed by atoms with Gasteiger partial charge in [-0.25, -0.2) is 4.79 Å². The van der Waals surface area contributed by atoms with Crippen molar-refractivity contribution in [3.8, 4) is 11.5 Å².